The van der Waals surface area contributed by atoms with Crippen LogP contribution in [0.15, 0.2) is 28.7 Å². The molecule has 0 fully saturated rings. The lowest BCUT2D eigenvalue weighted by Gasteiger charge is -2.16. The molecule has 1 heteroatoms. The fraction of sp³-hybridized carbons (Fsp3) is 0.647. The van der Waals surface area contributed by atoms with Gasteiger partial charge < -0.3 is 0 Å². The molecule has 0 N–H and O–H groups in total. The van der Waals surface area contributed by atoms with E-state index in [9.17, 15) is 0 Å². The molecule has 0 aromatic heterocycles. The standard InChI is InChI=1S/C17H27Br/c1-4-14(3)7-6-8-15(5-2)13-16-9-11-17(18)12-10-16/h9-12,14-15H,4-8,13H2,1-3H3. The lowest BCUT2D eigenvalue weighted by Crippen LogP contribution is -2.04. The van der Waals surface area contributed by atoms with Crippen LogP contribution in [-0.2, 0) is 6.42 Å². The van der Waals surface area contributed by atoms with Crippen LogP contribution >= 0.6 is 15.9 Å². The Bertz CT molecular complexity index is 315. The van der Waals surface area contributed by atoms with Crippen molar-refractivity contribution in [2.75, 3.05) is 0 Å². The third-order valence-corrected chi connectivity index (χ3v) is 4.55. The van der Waals surface area contributed by atoms with E-state index in [0.29, 0.717) is 0 Å². The van der Waals surface area contributed by atoms with Crippen molar-refractivity contribution in [3.8, 4) is 0 Å². The minimum absolute atomic E-state index is 0.857. The van der Waals surface area contributed by atoms with Crippen LogP contribution in [0.1, 0.15) is 58.4 Å². The van der Waals surface area contributed by atoms with Gasteiger partial charge in [0.05, 0.1) is 0 Å². The molecule has 2 unspecified atom stereocenters. The molecule has 0 spiro atoms. The van der Waals surface area contributed by atoms with Crippen LogP contribution in [0.4, 0.5) is 0 Å². The summed E-state index contributed by atoms with van der Waals surface area (Å²) < 4.78 is 1.18. The summed E-state index contributed by atoms with van der Waals surface area (Å²) in [5, 5.41) is 0. The van der Waals surface area contributed by atoms with Gasteiger partial charge in [-0.2, -0.15) is 0 Å². The average molecular weight is 311 g/mol. The van der Waals surface area contributed by atoms with E-state index in [1.54, 1.807) is 0 Å². The lowest BCUT2D eigenvalue weighted by molar-refractivity contribution is 0.405. The van der Waals surface area contributed by atoms with Crippen molar-refractivity contribution < 1.29 is 0 Å². The summed E-state index contributed by atoms with van der Waals surface area (Å²) in [6, 6.07) is 8.81. The van der Waals surface area contributed by atoms with E-state index < -0.39 is 0 Å². The summed E-state index contributed by atoms with van der Waals surface area (Å²) in [6.07, 6.45) is 8.04. The van der Waals surface area contributed by atoms with Crippen molar-refractivity contribution in [2.45, 2.75) is 59.3 Å². The number of hydrogen-bond donors (Lipinski definition) is 0. The Labute approximate surface area is 121 Å². The Morgan fingerprint density at radius 3 is 2.22 bits per heavy atom. The quantitative estimate of drug-likeness (QED) is 0.533. The highest BCUT2D eigenvalue weighted by molar-refractivity contribution is 9.10. The molecule has 0 saturated carbocycles. The normalized spacial score (nSPS) is 14.4. The van der Waals surface area contributed by atoms with Crippen molar-refractivity contribution in [3.63, 3.8) is 0 Å². The monoisotopic (exact) mass is 310 g/mol. The van der Waals surface area contributed by atoms with Crippen molar-refractivity contribution in [3.05, 3.63) is 34.3 Å². The van der Waals surface area contributed by atoms with Gasteiger partial charge in [0.15, 0.2) is 0 Å². The zero-order valence-electron chi connectivity index (χ0n) is 12.1. The Hall–Kier alpha value is -0.300. The van der Waals surface area contributed by atoms with E-state index in [1.165, 1.54) is 48.6 Å². The van der Waals surface area contributed by atoms with Gasteiger partial charge in [0.2, 0.25) is 0 Å². The average Bonchev–Trinajstić information content (AvgIpc) is 2.39. The maximum atomic E-state index is 3.49. The molecule has 0 aliphatic heterocycles. The SMILES string of the molecule is CCC(C)CCCC(CC)Cc1ccc(Br)cc1. The predicted octanol–water partition coefficient (Wildman–Crippen LogP) is 6.23. The van der Waals surface area contributed by atoms with Crippen LogP contribution in [0.5, 0.6) is 0 Å². The van der Waals surface area contributed by atoms with E-state index in [4.69, 9.17) is 0 Å². The van der Waals surface area contributed by atoms with Crippen molar-refractivity contribution in [1.82, 2.24) is 0 Å². The van der Waals surface area contributed by atoms with Crippen molar-refractivity contribution in [2.24, 2.45) is 11.8 Å². The van der Waals surface area contributed by atoms with Gasteiger partial charge in [-0.1, -0.05) is 80.9 Å². The molecule has 102 valence electrons. The van der Waals surface area contributed by atoms with Crippen LogP contribution in [0, 0.1) is 11.8 Å². The summed E-state index contributed by atoms with van der Waals surface area (Å²) in [4.78, 5) is 0. The van der Waals surface area contributed by atoms with Gasteiger partial charge in [-0.3, -0.25) is 0 Å². The first-order valence-corrected chi connectivity index (χ1v) is 8.19. The van der Waals surface area contributed by atoms with Gasteiger partial charge in [-0.25, -0.2) is 0 Å². The number of halogens is 1. The molecule has 1 aromatic rings. The molecule has 0 saturated heterocycles. The molecule has 0 nitrogen and oxygen atoms in total. The molecule has 2 atom stereocenters. The first-order chi connectivity index (χ1) is 8.65. The van der Waals surface area contributed by atoms with Gasteiger partial charge in [0.1, 0.15) is 0 Å². The molecule has 1 aromatic carbocycles. The van der Waals surface area contributed by atoms with Crippen LogP contribution in [0.3, 0.4) is 0 Å². The molecular formula is C17H27Br. The van der Waals surface area contributed by atoms with E-state index in [2.05, 4.69) is 61.0 Å². The van der Waals surface area contributed by atoms with Gasteiger partial charge in [-0.15, -0.1) is 0 Å². The van der Waals surface area contributed by atoms with Crippen LogP contribution in [0.25, 0.3) is 0 Å². The predicted molar refractivity (Wildman–Crippen MR) is 84.9 cm³/mol. The van der Waals surface area contributed by atoms with E-state index in [1.807, 2.05) is 0 Å². The Morgan fingerprint density at radius 2 is 1.67 bits per heavy atom. The second-order valence-electron chi connectivity index (χ2n) is 5.55. The molecule has 18 heavy (non-hydrogen) atoms. The topological polar surface area (TPSA) is 0 Å². The largest absolute Gasteiger partial charge is 0.0651 e. The van der Waals surface area contributed by atoms with Gasteiger partial charge in [0, 0.05) is 4.47 Å². The summed E-state index contributed by atoms with van der Waals surface area (Å²) in [5.74, 6) is 1.76. The summed E-state index contributed by atoms with van der Waals surface area (Å²) in [7, 11) is 0. The third-order valence-electron chi connectivity index (χ3n) is 4.02. The molecule has 0 heterocycles. The molecule has 0 amide bonds. The third kappa shape index (κ3) is 6.04. The molecule has 1 rings (SSSR count). The zero-order valence-corrected chi connectivity index (χ0v) is 13.7. The van der Waals surface area contributed by atoms with Crippen molar-refractivity contribution in [1.29, 1.82) is 0 Å². The van der Waals surface area contributed by atoms with Gasteiger partial charge >= 0.3 is 0 Å². The highest BCUT2D eigenvalue weighted by Crippen LogP contribution is 2.22. The van der Waals surface area contributed by atoms with Crippen LogP contribution < -0.4 is 0 Å². The molecule has 0 radical (unpaired) electrons. The van der Waals surface area contributed by atoms with Gasteiger partial charge in [-0.05, 0) is 36.0 Å². The minimum atomic E-state index is 0.857. The highest BCUT2D eigenvalue weighted by Gasteiger charge is 2.08. The maximum Gasteiger partial charge on any atom is 0.0175 e. The second-order valence-corrected chi connectivity index (χ2v) is 6.46. The van der Waals surface area contributed by atoms with E-state index in [0.717, 1.165) is 11.8 Å². The highest BCUT2D eigenvalue weighted by atomic mass is 79.9. The minimum Gasteiger partial charge on any atom is -0.0651 e. The Morgan fingerprint density at radius 1 is 1.00 bits per heavy atom. The molecule has 0 bridgehead atoms. The molecule has 0 aliphatic carbocycles. The molecule has 0 aliphatic rings. The second kappa shape index (κ2) is 8.74. The zero-order chi connectivity index (χ0) is 13.4. The van der Waals surface area contributed by atoms with Crippen LogP contribution in [0.2, 0.25) is 0 Å². The van der Waals surface area contributed by atoms with E-state index in [-0.39, 0.29) is 0 Å². The smallest absolute Gasteiger partial charge is 0.0175 e. The summed E-state index contributed by atoms with van der Waals surface area (Å²) in [5.41, 5.74) is 1.48. The fourth-order valence-corrected chi connectivity index (χ4v) is 2.63. The Balaban J connectivity index is 2.35. The number of benzene rings is 1. The number of hydrogen-bond acceptors (Lipinski definition) is 0. The Kier molecular flexibility index (Phi) is 7.65. The summed E-state index contributed by atoms with van der Waals surface area (Å²) in [6.45, 7) is 6.99. The lowest BCUT2D eigenvalue weighted by atomic mass is 9.90. The first kappa shape index (κ1) is 15.8. The summed E-state index contributed by atoms with van der Waals surface area (Å²) >= 11 is 3.49. The number of rotatable bonds is 8. The van der Waals surface area contributed by atoms with Crippen LogP contribution in [-0.4, -0.2) is 0 Å². The van der Waals surface area contributed by atoms with Crippen molar-refractivity contribution >= 4 is 15.9 Å². The first-order valence-electron chi connectivity index (χ1n) is 7.40. The molecular weight excluding hydrogens is 284 g/mol. The van der Waals surface area contributed by atoms with Gasteiger partial charge in [0.25, 0.3) is 0 Å². The maximum absolute atomic E-state index is 3.49. The fourth-order valence-electron chi connectivity index (χ4n) is 2.36. The van der Waals surface area contributed by atoms with E-state index >= 15 is 0 Å².